The molecular weight excluding hydrogens is 346 g/mol. The van der Waals surface area contributed by atoms with E-state index in [9.17, 15) is 19.2 Å². The van der Waals surface area contributed by atoms with Gasteiger partial charge in [-0.2, -0.15) is 5.10 Å². The Morgan fingerprint density at radius 1 is 1.04 bits per heavy atom. The van der Waals surface area contributed by atoms with Crippen LogP contribution in [0.15, 0.2) is 30.6 Å². The van der Waals surface area contributed by atoms with Crippen molar-refractivity contribution in [3.05, 3.63) is 47.3 Å². The van der Waals surface area contributed by atoms with Gasteiger partial charge in [0.2, 0.25) is 5.91 Å². The molecule has 0 fully saturated rings. The van der Waals surface area contributed by atoms with Crippen LogP contribution >= 0.6 is 0 Å². The van der Waals surface area contributed by atoms with Crippen LogP contribution in [0.2, 0.25) is 0 Å². The molecule has 0 unspecified atom stereocenters. The first-order valence-electron chi connectivity index (χ1n) is 7.21. The molecule has 0 aliphatic rings. The van der Waals surface area contributed by atoms with Gasteiger partial charge in [-0.25, -0.2) is 14.4 Å². The van der Waals surface area contributed by atoms with Crippen LogP contribution in [0.3, 0.4) is 0 Å². The van der Waals surface area contributed by atoms with E-state index in [1.807, 2.05) is 0 Å². The van der Waals surface area contributed by atoms with Gasteiger partial charge in [0.05, 0.1) is 37.1 Å². The lowest BCUT2D eigenvalue weighted by molar-refractivity contribution is -0.116. The molecule has 0 radical (unpaired) electrons. The fourth-order valence-corrected chi connectivity index (χ4v) is 2.08. The summed E-state index contributed by atoms with van der Waals surface area (Å²) in [7, 11) is 2.37. The highest BCUT2D eigenvalue weighted by atomic mass is 16.5. The van der Waals surface area contributed by atoms with E-state index in [2.05, 4.69) is 19.9 Å². The summed E-state index contributed by atoms with van der Waals surface area (Å²) >= 11 is 0. The van der Waals surface area contributed by atoms with E-state index < -0.39 is 23.8 Å². The zero-order valence-electron chi connectivity index (χ0n) is 13.9. The number of rotatable bonds is 6. The fourth-order valence-electron chi connectivity index (χ4n) is 2.08. The minimum Gasteiger partial charge on any atom is -0.478 e. The van der Waals surface area contributed by atoms with Crippen LogP contribution in [0, 0.1) is 0 Å². The van der Waals surface area contributed by atoms with Gasteiger partial charge < -0.3 is 19.9 Å². The second-order valence-electron chi connectivity index (χ2n) is 5.06. The molecule has 0 aliphatic carbocycles. The van der Waals surface area contributed by atoms with Crippen molar-refractivity contribution in [3.63, 3.8) is 0 Å². The van der Waals surface area contributed by atoms with Gasteiger partial charge in [-0.1, -0.05) is 0 Å². The number of hydrogen-bond acceptors (Lipinski definition) is 7. The number of aromatic nitrogens is 2. The number of nitrogens with one attached hydrogen (secondary N) is 1. The quantitative estimate of drug-likeness (QED) is 0.721. The topological polar surface area (TPSA) is 137 Å². The molecule has 1 aromatic heterocycles. The monoisotopic (exact) mass is 361 g/mol. The van der Waals surface area contributed by atoms with Gasteiger partial charge in [0.15, 0.2) is 0 Å². The summed E-state index contributed by atoms with van der Waals surface area (Å²) in [5.41, 5.74) is 0.221. The second-order valence-corrected chi connectivity index (χ2v) is 5.06. The molecule has 0 bridgehead atoms. The van der Waals surface area contributed by atoms with E-state index in [-0.39, 0.29) is 28.9 Å². The smallest absolute Gasteiger partial charge is 0.338 e. The number of hydrogen-bond donors (Lipinski definition) is 2. The van der Waals surface area contributed by atoms with Gasteiger partial charge in [-0.15, -0.1) is 0 Å². The minimum absolute atomic E-state index is 0.0537. The molecule has 10 heteroatoms. The van der Waals surface area contributed by atoms with Gasteiger partial charge in [-0.3, -0.25) is 9.48 Å². The maximum absolute atomic E-state index is 12.1. The normalized spacial score (nSPS) is 10.1. The maximum Gasteiger partial charge on any atom is 0.338 e. The van der Waals surface area contributed by atoms with Gasteiger partial charge in [0, 0.05) is 11.9 Å². The molecule has 0 spiro atoms. The van der Waals surface area contributed by atoms with Gasteiger partial charge in [0.1, 0.15) is 6.54 Å². The lowest BCUT2D eigenvalue weighted by atomic mass is 10.1. The summed E-state index contributed by atoms with van der Waals surface area (Å²) in [5.74, 6) is -3.08. The van der Waals surface area contributed by atoms with E-state index in [0.717, 1.165) is 10.9 Å². The third kappa shape index (κ3) is 4.44. The first-order valence-corrected chi connectivity index (χ1v) is 7.21. The number of esters is 2. The van der Waals surface area contributed by atoms with E-state index in [1.165, 1.54) is 38.6 Å². The number of benzene rings is 1. The number of aromatic carboxylic acids is 1. The number of carboxylic acid groups (broad SMARTS) is 1. The lowest BCUT2D eigenvalue weighted by Gasteiger charge is -2.09. The maximum atomic E-state index is 12.1. The zero-order chi connectivity index (χ0) is 19.3. The molecule has 2 rings (SSSR count). The molecule has 0 aliphatic heterocycles. The van der Waals surface area contributed by atoms with Crippen molar-refractivity contribution >= 4 is 29.5 Å². The van der Waals surface area contributed by atoms with Gasteiger partial charge in [0.25, 0.3) is 0 Å². The Hall–Kier alpha value is -3.69. The van der Waals surface area contributed by atoms with Crippen molar-refractivity contribution in [2.24, 2.45) is 0 Å². The molecule has 1 aromatic carbocycles. The van der Waals surface area contributed by atoms with E-state index >= 15 is 0 Å². The Labute approximate surface area is 147 Å². The highest BCUT2D eigenvalue weighted by Crippen LogP contribution is 2.17. The molecule has 136 valence electrons. The molecule has 1 heterocycles. The predicted molar refractivity (Wildman–Crippen MR) is 86.9 cm³/mol. The minimum atomic E-state index is -1.16. The standard InChI is InChI=1S/C16H15N3O7/c1-25-15(23)9-3-10(16(24)26-2)5-12(4-9)18-13(20)8-19-7-11(6-17-19)14(21)22/h3-7H,8H2,1-2H3,(H,18,20)(H,21,22). The number of amides is 1. The number of carbonyl (C=O) groups excluding carboxylic acids is 3. The molecular formula is C16H15N3O7. The van der Waals surface area contributed by atoms with Gasteiger partial charge >= 0.3 is 17.9 Å². The Morgan fingerprint density at radius 3 is 2.08 bits per heavy atom. The van der Waals surface area contributed by atoms with Crippen molar-refractivity contribution in [1.82, 2.24) is 9.78 Å². The van der Waals surface area contributed by atoms with E-state index in [1.54, 1.807) is 0 Å². The molecule has 2 aromatic rings. The van der Waals surface area contributed by atoms with Crippen LogP contribution in [-0.2, 0) is 20.8 Å². The average molecular weight is 361 g/mol. The Bertz CT molecular complexity index is 838. The second kappa shape index (κ2) is 7.92. The number of anilines is 1. The lowest BCUT2D eigenvalue weighted by Crippen LogP contribution is -2.20. The number of nitrogens with zero attached hydrogens (tertiary/aromatic N) is 2. The summed E-state index contributed by atoms with van der Waals surface area (Å²) in [6.45, 7) is -0.261. The van der Waals surface area contributed by atoms with Crippen molar-refractivity contribution in [1.29, 1.82) is 0 Å². The first kappa shape index (κ1) is 18.6. The van der Waals surface area contributed by atoms with Crippen LogP contribution < -0.4 is 5.32 Å². The zero-order valence-corrected chi connectivity index (χ0v) is 13.9. The average Bonchev–Trinajstić information content (AvgIpc) is 3.08. The summed E-state index contributed by atoms with van der Waals surface area (Å²) in [5, 5.41) is 15.1. The molecule has 0 saturated carbocycles. The molecule has 2 N–H and O–H groups in total. The molecule has 0 saturated heterocycles. The van der Waals surface area contributed by atoms with Crippen LogP contribution in [0.5, 0.6) is 0 Å². The van der Waals surface area contributed by atoms with E-state index in [4.69, 9.17) is 5.11 Å². The third-order valence-electron chi connectivity index (χ3n) is 3.24. The largest absolute Gasteiger partial charge is 0.478 e. The third-order valence-corrected chi connectivity index (χ3v) is 3.24. The molecule has 10 nitrogen and oxygen atoms in total. The Morgan fingerprint density at radius 2 is 1.62 bits per heavy atom. The molecule has 0 atom stereocenters. The van der Waals surface area contributed by atoms with Crippen molar-refractivity contribution in [2.45, 2.75) is 6.54 Å². The SMILES string of the molecule is COC(=O)c1cc(NC(=O)Cn2cc(C(=O)O)cn2)cc(C(=O)OC)c1. The first-order chi connectivity index (χ1) is 12.3. The summed E-state index contributed by atoms with van der Waals surface area (Å²) in [4.78, 5) is 46.4. The van der Waals surface area contributed by atoms with Crippen LogP contribution in [0.1, 0.15) is 31.1 Å². The predicted octanol–water partition coefficient (Wildman–Crippen LogP) is 0.793. The number of ether oxygens (including phenoxy) is 2. The summed E-state index contributed by atoms with van der Waals surface area (Å²) < 4.78 is 10.4. The van der Waals surface area contributed by atoms with Crippen molar-refractivity contribution in [2.75, 3.05) is 19.5 Å². The molecule has 26 heavy (non-hydrogen) atoms. The fraction of sp³-hybridized carbons (Fsp3) is 0.188. The number of carboxylic acids is 1. The molecule has 1 amide bonds. The highest BCUT2D eigenvalue weighted by molar-refractivity contribution is 5.99. The van der Waals surface area contributed by atoms with Crippen molar-refractivity contribution in [3.8, 4) is 0 Å². The van der Waals surface area contributed by atoms with Crippen LogP contribution in [0.4, 0.5) is 5.69 Å². The summed E-state index contributed by atoms with van der Waals surface area (Å²) in [6, 6.07) is 3.95. The van der Waals surface area contributed by atoms with Crippen LogP contribution in [0.25, 0.3) is 0 Å². The van der Waals surface area contributed by atoms with Gasteiger partial charge in [-0.05, 0) is 18.2 Å². The Kier molecular flexibility index (Phi) is 5.68. The number of carbonyl (C=O) groups is 4. The number of methoxy groups -OCH3 is 2. The van der Waals surface area contributed by atoms with E-state index in [0.29, 0.717) is 0 Å². The van der Waals surface area contributed by atoms with Crippen molar-refractivity contribution < 1.29 is 33.8 Å². The highest BCUT2D eigenvalue weighted by Gasteiger charge is 2.15. The Balaban J connectivity index is 2.20. The van der Waals surface area contributed by atoms with Crippen LogP contribution in [-0.4, -0.2) is 52.9 Å². The summed E-state index contributed by atoms with van der Waals surface area (Å²) in [6.07, 6.45) is 2.31.